The monoisotopic (exact) mass is 224 g/mol. The minimum atomic E-state index is 0.235. The van der Waals surface area contributed by atoms with Crippen molar-refractivity contribution < 1.29 is 0 Å². The summed E-state index contributed by atoms with van der Waals surface area (Å²) in [6.07, 6.45) is 6.80. The van der Waals surface area contributed by atoms with Crippen molar-refractivity contribution in [3.05, 3.63) is 12.7 Å². The largest absolute Gasteiger partial charge is 0.306 e. The van der Waals surface area contributed by atoms with Gasteiger partial charge < -0.3 is 10.2 Å². The molecule has 0 saturated carbocycles. The molecule has 1 heterocycles. The van der Waals surface area contributed by atoms with Gasteiger partial charge in [-0.05, 0) is 59.7 Å². The van der Waals surface area contributed by atoms with Crippen LogP contribution >= 0.6 is 0 Å². The summed E-state index contributed by atoms with van der Waals surface area (Å²) in [7, 11) is 2.21. The first-order valence-electron chi connectivity index (χ1n) is 6.52. The molecule has 0 atom stereocenters. The van der Waals surface area contributed by atoms with Crippen molar-refractivity contribution in [1.82, 2.24) is 10.2 Å². The van der Waals surface area contributed by atoms with E-state index in [1.807, 2.05) is 0 Å². The summed E-state index contributed by atoms with van der Waals surface area (Å²) in [6, 6.07) is 0. The Balaban J connectivity index is 2.69. The molecule has 1 fully saturated rings. The van der Waals surface area contributed by atoms with E-state index in [1.165, 1.54) is 32.4 Å². The quantitative estimate of drug-likeness (QED) is 0.722. The van der Waals surface area contributed by atoms with Crippen molar-refractivity contribution in [3.8, 4) is 0 Å². The highest BCUT2D eigenvalue weighted by Crippen LogP contribution is 2.29. The van der Waals surface area contributed by atoms with Gasteiger partial charge in [0.2, 0.25) is 0 Å². The zero-order chi connectivity index (χ0) is 12.2. The van der Waals surface area contributed by atoms with Crippen molar-refractivity contribution >= 4 is 0 Å². The van der Waals surface area contributed by atoms with Gasteiger partial charge in [-0.25, -0.2) is 0 Å². The van der Waals surface area contributed by atoms with Crippen LogP contribution in [0, 0.1) is 0 Å². The van der Waals surface area contributed by atoms with E-state index in [0.717, 1.165) is 6.42 Å². The molecule has 2 nitrogen and oxygen atoms in total. The number of nitrogens with zero attached hydrogens (tertiary/aromatic N) is 1. The standard InChI is InChI=1S/C14H28N2/c1-6-8-14(15-13(3,4)7-2)9-11-16(5)12-10-14/h6,15H,1,7-12H2,2-5H3. The molecule has 1 N–H and O–H groups in total. The highest BCUT2D eigenvalue weighted by atomic mass is 15.1. The molecule has 0 radical (unpaired) electrons. The summed E-state index contributed by atoms with van der Waals surface area (Å²) in [5, 5.41) is 3.88. The summed E-state index contributed by atoms with van der Waals surface area (Å²) in [5.41, 5.74) is 0.521. The number of hydrogen-bond acceptors (Lipinski definition) is 2. The molecule has 1 saturated heterocycles. The Morgan fingerprint density at radius 2 is 1.94 bits per heavy atom. The molecule has 1 aliphatic rings. The summed E-state index contributed by atoms with van der Waals surface area (Å²) in [6.45, 7) is 13.2. The average molecular weight is 224 g/mol. The topological polar surface area (TPSA) is 15.3 Å². The first-order valence-corrected chi connectivity index (χ1v) is 6.52. The van der Waals surface area contributed by atoms with Crippen LogP contribution in [0.25, 0.3) is 0 Å². The number of rotatable bonds is 5. The third-order valence-electron chi connectivity index (χ3n) is 3.97. The predicted molar refractivity (Wildman–Crippen MR) is 71.8 cm³/mol. The molecule has 0 aromatic carbocycles. The molecule has 94 valence electrons. The van der Waals surface area contributed by atoms with E-state index in [2.05, 4.69) is 50.7 Å². The second kappa shape index (κ2) is 5.33. The van der Waals surface area contributed by atoms with Crippen LogP contribution in [-0.4, -0.2) is 36.1 Å². The number of hydrogen-bond donors (Lipinski definition) is 1. The first-order chi connectivity index (χ1) is 7.43. The fourth-order valence-corrected chi connectivity index (χ4v) is 2.51. The minimum Gasteiger partial charge on any atom is -0.306 e. The van der Waals surface area contributed by atoms with Crippen LogP contribution in [0.3, 0.4) is 0 Å². The zero-order valence-corrected chi connectivity index (χ0v) is 11.5. The van der Waals surface area contributed by atoms with Crippen LogP contribution in [0.4, 0.5) is 0 Å². The van der Waals surface area contributed by atoms with E-state index in [9.17, 15) is 0 Å². The van der Waals surface area contributed by atoms with E-state index in [4.69, 9.17) is 0 Å². The lowest BCUT2D eigenvalue weighted by Gasteiger charge is -2.46. The van der Waals surface area contributed by atoms with Crippen molar-refractivity contribution in [2.75, 3.05) is 20.1 Å². The Hall–Kier alpha value is -0.340. The number of piperidine rings is 1. The van der Waals surface area contributed by atoms with Gasteiger partial charge in [0, 0.05) is 11.1 Å². The van der Waals surface area contributed by atoms with Gasteiger partial charge in [-0.3, -0.25) is 0 Å². The van der Waals surface area contributed by atoms with Crippen molar-refractivity contribution in [2.24, 2.45) is 0 Å². The summed E-state index contributed by atoms with van der Waals surface area (Å²) in [4.78, 5) is 2.42. The van der Waals surface area contributed by atoms with Crippen LogP contribution in [0.2, 0.25) is 0 Å². The minimum absolute atomic E-state index is 0.235. The lowest BCUT2D eigenvalue weighted by molar-refractivity contribution is 0.123. The molecule has 0 unspecified atom stereocenters. The highest BCUT2D eigenvalue weighted by Gasteiger charge is 2.36. The molecule has 0 bridgehead atoms. The van der Waals surface area contributed by atoms with Crippen LogP contribution in [0.5, 0.6) is 0 Å². The van der Waals surface area contributed by atoms with E-state index in [1.54, 1.807) is 0 Å². The second-order valence-corrected chi connectivity index (χ2v) is 5.94. The van der Waals surface area contributed by atoms with Gasteiger partial charge in [0.25, 0.3) is 0 Å². The molecule has 1 rings (SSSR count). The fraction of sp³-hybridized carbons (Fsp3) is 0.857. The van der Waals surface area contributed by atoms with Gasteiger partial charge in [0.1, 0.15) is 0 Å². The van der Waals surface area contributed by atoms with Crippen LogP contribution in [-0.2, 0) is 0 Å². The van der Waals surface area contributed by atoms with Gasteiger partial charge in [0.05, 0.1) is 0 Å². The molecule has 0 aromatic heterocycles. The lowest BCUT2D eigenvalue weighted by atomic mass is 9.81. The summed E-state index contributed by atoms with van der Waals surface area (Å²) >= 11 is 0. The summed E-state index contributed by atoms with van der Waals surface area (Å²) < 4.78 is 0. The molecule has 2 heteroatoms. The number of nitrogens with one attached hydrogen (secondary N) is 1. The Morgan fingerprint density at radius 3 is 2.38 bits per heavy atom. The maximum absolute atomic E-state index is 3.92. The maximum Gasteiger partial charge on any atom is 0.0245 e. The normalized spacial score (nSPS) is 22.0. The number of likely N-dealkylation sites (tertiary alicyclic amines) is 1. The van der Waals surface area contributed by atoms with Gasteiger partial charge >= 0.3 is 0 Å². The van der Waals surface area contributed by atoms with E-state index in [0.29, 0.717) is 0 Å². The van der Waals surface area contributed by atoms with Crippen molar-refractivity contribution in [1.29, 1.82) is 0 Å². The van der Waals surface area contributed by atoms with Crippen molar-refractivity contribution in [3.63, 3.8) is 0 Å². The predicted octanol–water partition coefficient (Wildman–Crippen LogP) is 2.81. The second-order valence-electron chi connectivity index (χ2n) is 5.94. The van der Waals surface area contributed by atoms with Gasteiger partial charge in [-0.2, -0.15) is 0 Å². The van der Waals surface area contributed by atoms with Gasteiger partial charge in [-0.1, -0.05) is 13.0 Å². The van der Waals surface area contributed by atoms with Crippen LogP contribution < -0.4 is 5.32 Å². The van der Waals surface area contributed by atoms with Crippen molar-refractivity contribution in [2.45, 2.75) is 57.5 Å². The molecule has 0 amide bonds. The Bertz CT molecular complexity index is 225. The van der Waals surface area contributed by atoms with E-state index >= 15 is 0 Å². The molecule has 16 heavy (non-hydrogen) atoms. The molecule has 1 aliphatic heterocycles. The molecular weight excluding hydrogens is 196 g/mol. The third kappa shape index (κ3) is 3.60. The lowest BCUT2D eigenvalue weighted by Crippen LogP contribution is -2.59. The van der Waals surface area contributed by atoms with Crippen LogP contribution in [0.1, 0.15) is 46.5 Å². The molecule has 0 aromatic rings. The maximum atomic E-state index is 3.92. The summed E-state index contributed by atoms with van der Waals surface area (Å²) in [5.74, 6) is 0. The zero-order valence-electron chi connectivity index (χ0n) is 11.5. The fourth-order valence-electron chi connectivity index (χ4n) is 2.51. The van der Waals surface area contributed by atoms with E-state index < -0.39 is 0 Å². The van der Waals surface area contributed by atoms with E-state index in [-0.39, 0.29) is 11.1 Å². The molecular formula is C14H28N2. The smallest absolute Gasteiger partial charge is 0.0245 e. The molecule has 0 aliphatic carbocycles. The van der Waals surface area contributed by atoms with Crippen LogP contribution in [0.15, 0.2) is 12.7 Å². The third-order valence-corrected chi connectivity index (χ3v) is 3.97. The Labute approximate surface area is 101 Å². The van der Waals surface area contributed by atoms with Gasteiger partial charge in [0.15, 0.2) is 0 Å². The SMILES string of the molecule is C=CCC1(NC(C)(C)CC)CCN(C)CC1. The Kier molecular flexibility index (Phi) is 4.57. The first kappa shape index (κ1) is 13.7. The van der Waals surface area contributed by atoms with Gasteiger partial charge in [-0.15, -0.1) is 6.58 Å². The average Bonchev–Trinajstić information content (AvgIpc) is 2.23. The highest BCUT2D eigenvalue weighted by molar-refractivity contribution is 5.00. The molecule has 0 spiro atoms. The Morgan fingerprint density at radius 1 is 1.38 bits per heavy atom.